The Morgan fingerprint density at radius 1 is 1.18 bits per heavy atom. The van der Waals surface area contributed by atoms with Crippen LogP contribution in [0.3, 0.4) is 0 Å². The fraction of sp³-hybridized carbons (Fsp3) is 0.529. The van der Waals surface area contributed by atoms with Crippen LogP contribution in [-0.4, -0.2) is 31.6 Å². The molecule has 1 amide bonds. The van der Waals surface area contributed by atoms with Crippen LogP contribution in [0.15, 0.2) is 24.3 Å². The number of carbonyl (C=O) groups is 2. The molecule has 22 heavy (non-hydrogen) atoms. The Morgan fingerprint density at radius 3 is 2.64 bits per heavy atom. The summed E-state index contributed by atoms with van der Waals surface area (Å²) < 4.78 is 10.5. The topological polar surface area (TPSA) is 55.8 Å². The number of fused-ring (bicyclic) bond motifs is 1. The van der Waals surface area contributed by atoms with Gasteiger partial charge in [0.1, 0.15) is 5.75 Å². The predicted octanol–water partition coefficient (Wildman–Crippen LogP) is 2.53. The first-order chi connectivity index (χ1) is 10.7. The molecule has 5 nitrogen and oxygen atoms in total. The van der Waals surface area contributed by atoms with Crippen LogP contribution in [0.4, 0.5) is 5.69 Å². The third-order valence-electron chi connectivity index (χ3n) is 4.46. The highest BCUT2D eigenvalue weighted by molar-refractivity contribution is 5.98. The number of rotatable bonds is 2. The fourth-order valence-electron chi connectivity index (χ4n) is 3.27. The van der Waals surface area contributed by atoms with Crippen LogP contribution in [0.2, 0.25) is 0 Å². The van der Waals surface area contributed by atoms with Crippen LogP contribution in [0.1, 0.15) is 32.1 Å². The van der Waals surface area contributed by atoms with Crippen LogP contribution >= 0.6 is 0 Å². The first-order valence-electron chi connectivity index (χ1n) is 7.85. The van der Waals surface area contributed by atoms with Crippen LogP contribution in [0.25, 0.3) is 0 Å². The lowest BCUT2D eigenvalue weighted by molar-refractivity contribution is -0.148. The van der Waals surface area contributed by atoms with Gasteiger partial charge in [-0.2, -0.15) is 0 Å². The lowest BCUT2D eigenvalue weighted by Crippen LogP contribution is -2.49. The molecule has 1 fully saturated rings. The van der Waals surface area contributed by atoms with E-state index in [1.54, 1.807) is 11.0 Å². The maximum absolute atomic E-state index is 12.9. The Balaban J connectivity index is 1.87. The summed E-state index contributed by atoms with van der Waals surface area (Å²) in [6.07, 6.45) is 4.51. The van der Waals surface area contributed by atoms with Crippen molar-refractivity contribution < 1.29 is 19.1 Å². The highest BCUT2D eigenvalue weighted by Gasteiger charge is 2.36. The molecule has 1 aromatic carbocycles. The number of hydrogen-bond acceptors (Lipinski definition) is 4. The Bertz CT molecular complexity index is 566. The molecule has 0 aromatic heterocycles. The molecular formula is C17H21NO4. The van der Waals surface area contributed by atoms with E-state index in [1.165, 1.54) is 13.5 Å². The number of anilines is 1. The normalized spacial score (nSPS) is 21.7. The fourth-order valence-corrected chi connectivity index (χ4v) is 3.27. The lowest BCUT2D eigenvalue weighted by Gasteiger charge is -2.36. The number of benzene rings is 1. The number of esters is 1. The molecule has 1 unspecified atom stereocenters. The van der Waals surface area contributed by atoms with Gasteiger partial charge in [0.15, 0.2) is 0 Å². The van der Waals surface area contributed by atoms with Gasteiger partial charge in [-0.3, -0.25) is 4.79 Å². The van der Waals surface area contributed by atoms with Crippen molar-refractivity contribution in [2.24, 2.45) is 5.92 Å². The highest BCUT2D eigenvalue weighted by atomic mass is 16.6. The van der Waals surface area contributed by atoms with Crippen molar-refractivity contribution in [2.75, 3.05) is 18.6 Å². The van der Waals surface area contributed by atoms with Crippen LogP contribution < -0.4 is 9.64 Å². The lowest BCUT2D eigenvalue weighted by atomic mass is 9.88. The zero-order valence-electron chi connectivity index (χ0n) is 12.8. The third-order valence-corrected chi connectivity index (χ3v) is 4.46. The minimum absolute atomic E-state index is 0.0539. The van der Waals surface area contributed by atoms with Gasteiger partial charge in [-0.05, 0) is 25.0 Å². The molecule has 1 aromatic rings. The second kappa shape index (κ2) is 6.38. The average Bonchev–Trinajstić information content (AvgIpc) is 2.60. The predicted molar refractivity (Wildman–Crippen MR) is 81.8 cm³/mol. The van der Waals surface area contributed by atoms with Gasteiger partial charge in [0, 0.05) is 5.92 Å². The number of amides is 1. The zero-order chi connectivity index (χ0) is 15.5. The van der Waals surface area contributed by atoms with Crippen LogP contribution in [-0.2, 0) is 14.3 Å². The molecule has 1 heterocycles. The number of carbonyl (C=O) groups excluding carboxylic acids is 2. The number of para-hydroxylation sites is 2. The Kier molecular flexibility index (Phi) is 4.32. The molecule has 1 aliphatic carbocycles. The number of ether oxygens (including phenoxy) is 2. The summed E-state index contributed by atoms with van der Waals surface area (Å²) >= 11 is 0. The SMILES string of the molecule is COC(=O)C1CN(C(=O)C2CCCCC2)c2ccccc2O1. The van der Waals surface area contributed by atoms with Crippen molar-refractivity contribution in [3.8, 4) is 5.75 Å². The van der Waals surface area contributed by atoms with Crippen LogP contribution in [0.5, 0.6) is 5.75 Å². The molecule has 0 saturated heterocycles. The Hall–Kier alpha value is -2.04. The number of hydrogen-bond donors (Lipinski definition) is 0. The van der Waals surface area contributed by atoms with Crippen molar-refractivity contribution in [3.63, 3.8) is 0 Å². The van der Waals surface area contributed by atoms with E-state index < -0.39 is 12.1 Å². The molecular weight excluding hydrogens is 282 g/mol. The van der Waals surface area contributed by atoms with E-state index >= 15 is 0 Å². The Labute approximate surface area is 130 Å². The molecule has 3 rings (SSSR count). The van der Waals surface area contributed by atoms with E-state index in [2.05, 4.69) is 0 Å². The van der Waals surface area contributed by atoms with E-state index in [4.69, 9.17) is 9.47 Å². The van der Waals surface area contributed by atoms with Crippen molar-refractivity contribution in [2.45, 2.75) is 38.2 Å². The summed E-state index contributed by atoms with van der Waals surface area (Å²) in [6.45, 7) is 0.221. The minimum atomic E-state index is -0.757. The average molecular weight is 303 g/mol. The minimum Gasteiger partial charge on any atom is -0.475 e. The van der Waals surface area contributed by atoms with Gasteiger partial charge in [-0.15, -0.1) is 0 Å². The quantitative estimate of drug-likeness (QED) is 0.788. The first-order valence-corrected chi connectivity index (χ1v) is 7.85. The molecule has 0 bridgehead atoms. The second-order valence-corrected chi connectivity index (χ2v) is 5.88. The highest BCUT2D eigenvalue weighted by Crippen LogP contribution is 2.36. The summed E-state index contributed by atoms with van der Waals surface area (Å²) in [6, 6.07) is 7.36. The van der Waals surface area contributed by atoms with Crippen molar-refractivity contribution in [1.29, 1.82) is 0 Å². The number of methoxy groups -OCH3 is 1. The van der Waals surface area contributed by atoms with Crippen molar-refractivity contribution >= 4 is 17.6 Å². The van der Waals surface area contributed by atoms with E-state index in [0.717, 1.165) is 31.4 Å². The molecule has 118 valence electrons. The van der Waals surface area contributed by atoms with Gasteiger partial charge in [0.2, 0.25) is 12.0 Å². The molecule has 1 saturated carbocycles. The van der Waals surface area contributed by atoms with Crippen LogP contribution in [0, 0.1) is 5.92 Å². The van der Waals surface area contributed by atoms with E-state index in [1.807, 2.05) is 18.2 Å². The van der Waals surface area contributed by atoms with E-state index in [-0.39, 0.29) is 18.4 Å². The smallest absolute Gasteiger partial charge is 0.348 e. The summed E-state index contributed by atoms with van der Waals surface area (Å²) in [5.41, 5.74) is 0.748. The molecule has 0 spiro atoms. The largest absolute Gasteiger partial charge is 0.475 e. The van der Waals surface area contributed by atoms with Gasteiger partial charge in [0.05, 0.1) is 19.3 Å². The number of nitrogens with zero attached hydrogens (tertiary/aromatic N) is 1. The van der Waals surface area contributed by atoms with Gasteiger partial charge in [0.25, 0.3) is 0 Å². The van der Waals surface area contributed by atoms with Gasteiger partial charge in [-0.1, -0.05) is 31.4 Å². The molecule has 1 atom stereocenters. The summed E-state index contributed by atoms with van der Waals surface area (Å²) in [7, 11) is 1.33. The van der Waals surface area contributed by atoms with Gasteiger partial charge >= 0.3 is 5.97 Å². The van der Waals surface area contributed by atoms with E-state index in [0.29, 0.717) is 5.75 Å². The Morgan fingerprint density at radius 2 is 1.91 bits per heavy atom. The summed E-state index contributed by atoms with van der Waals surface area (Å²) in [5, 5.41) is 0. The molecule has 1 aliphatic heterocycles. The van der Waals surface area contributed by atoms with E-state index in [9.17, 15) is 9.59 Å². The molecule has 0 radical (unpaired) electrons. The maximum atomic E-state index is 12.9. The van der Waals surface area contributed by atoms with Gasteiger partial charge < -0.3 is 14.4 Å². The first kappa shape index (κ1) is 14.9. The standard InChI is InChI=1S/C17H21NO4/c1-21-17(20)15-11-18(13-9-5-6-10-14(13)22-15)16(19)12-7-3-2-4-8-12/h5-6,9-10,12,15H,2-4,7-8,11H2,1H3. The molecule has 2 aliphatic rings. The van der Waals surface area contributed by atoms with Crippen molar-refractivity contribution in [3.05, 3.63) is 24.3 Å². The maximum Gasteiger partial charge on any atom is 0.348 e. The third kappa shape index (κ3) is 2.80. The monoisotopic (exact) mass is 303 g/mol. The van der Waals surface area contributed by atoms with Crippen molar-refractivity contribution in [1.82, 2.24) is 0 Å². The van der Waals surface area contributed by atoms with Gasteiger partial charge in [-0.25, -0.2) is 4.79 Å². The second-order valence-electron chi connectivity index (χ2n) is 5.88. The molecule has 0 N–H and O–H groups in total. The summed E-state index contributed by atoms with van der Waals surface area (Å²) in [4.78, 5) is 26.4. The zero-order valence-corrected chi connectivity index (χ0v) is 12.8. The summed E-state index contributed by atoms with van der Waals surface area (Å²) in [5.74, 6) is 0.270. The molecule has 5 heteroatoms.